The summed E-state index contributed by atoms with van der Waals surface area (Å²) in [4.78, 5) is 29.3. The fourth-order valence-electron chi connectivity index (χ4n) is 4.40. The highest BCUT2D eigenvalue weighted by Gasteiger charge is 2.52. The molecule has 21 heavy (non-hydrogen) atoms. The van der Waals surface area contributed by atoms with Crippen LogP contribution in [-0.4, -0.2) is 59.0 Å². The molecule has 4 rings (SSSR count). The van der Waals surface area contributed by atoms with Gasteiger partial charge in [0.15, 0.2) is 0 Å². The monoisotopic (exact) mass is 292 g/mol. The zero-order valence-corrected chi connectivity index (χ0v) is 12.7. The van der Waals surface area contributed by atoms with Crippen LogP contribution in [-0.2, 0) is 14.3 Å². The van der Waals surface area contributed by atoms with Crippen molar-refractivity contribution in [3.8, 4) is 0 Å². The van der Waals surface area contributed by atoms with Crippen LogP contribution in [0.5, 0.6) is 0 Å². The Morgan fingerprint density at radius 1 is 1.05 bits per heavy atom. The van der Waals surface area contributed by atoms with Gasteiger partial charge < -0.3 is 14.5 Å². The summed E-state index contributed by atoms with van der Waals surface area (Å²) in [7, 11) is 0. The summed E-state index contributed by atoms with van der Waals surface area (Å²) in [6.45, 7) is 3.37. The van der Waals surface area contributed by atoms with Crippen LogP contribution in [0, 0.1) is 5.92 Å². The van der Waals surface area contributed by atoms with Gasteiger partial charge in [-0.1, -0.05) is 0 Å². The zero-order chi connectivity index (χ0) is 14.6. The van der Waals surface area contributed by atoms with E-state index in [1.807, 2.05) is 16.7 Å². The Bertz CT molecular complexity index is 462. The second-order valence-electron chi connectivity index (χ2n) is 6.99. The van der Waals surface area contributed by atoms with Crippen LogP contribution in [0.3, 0.4) is 0 Å². The van der Waals surface area contributed by atoms with Crippen LogP contribution in [0.1, 0.15) is 45.4 Å². The van der Waals surface area contributed by atoms with Crippen LogP contribution < -0.4 is 0 Å². The smallest absolute Gasteiger partial charge is 0.246 e. The molecule has 116 valence electrons. The lowest BCUT2D eigenvalue weighted by Gasteiger charge is -2.48. The number of ether oxygens (including phenoxy) is 1. The molecule has 4 fully saturated rings. The average Bonchev–Trinajstić information content (AvgIpc) is 3.24. The van der Waals surface area contributed by atoms with Gasteiger partial charge in [0, 0.05) is 13.2 Å². The minimum absolute atomic E-state index is 0.119. The van der Waals surface area contributed by atoms with Crippen LogP contribution in [0.2, 0.25) is 0 Å². The average molecular weight is 292 g/mol. The Morgan fingerprint density at radius 3 is 2.62 bits per heavy atom. The maximum atomic E-state index is 13.0. The predicted molar refractivity (Wildman–Crippen MR) is 76.5 cm³/mol. The van der Waals surface area contributed by atoms with E-state index in [4.69, 9.17) is 4.74 Å². The summed E-state index contributed by atoms with van der Waals surface area (Å²) >= 11 is 0. The Kier molecular flexibility index (Phi) is 3.21. The van der Waals surface area contributed by atoms with E-state index in [2.05, 4.69) is 0 Å². The largest absolute Gasteiger partial charge is 0.376 e. The van der Waals surface area contributed by atoms with E-state index >= 15 is 0 Å². The number of hydrogen-bond donors (Lipinski definition) is 0. The van der Waals surface area contributed by atoms with E-state index in [9.17, 15) is 9.59 Å². The third-order valence-electron chi connectivity index (χ3n) is 5.65. The standard InChI is InChI=1S/C16H24N2O3/c1-10-15(19)17-8-3-2-4-13(17)16(20)18(10)12-7-9-21-14(12)11-5-6-11/h10-14H,2-9H2,1H3. The Balaban J connectivity index is 1.61. The lowest BCUT2D eigenvalue weighted by Crippen LogP contribution is -2.68. The quantitative estimate of drug-likeness (QED) is 0.767. The Morgan fingerprint density at radius 2 is 1.86 bits per heavy atom. The lowest BCUT2D eigenvalue weighted by atomic mass is 9.92. The van der Waals surface area contributed by atoms with E-state index in [1.165, 1.54) is 12.8 Å². The Hall–Kier alpha value is -1.10. The number of rotatable bonds is 2. The van der Waals surface area contributed by atoms with Gasteiger partial charge in [-0.2, -0.15) is 0 Å². The molecule has 2 amide bonds. The normalized spacial score (nSPS) is 40.6. The summed E-state index contributed by atoms with van der Waals surface area (Å²) in [5.74, 6) is 0.917. The SMILES string of the molecule is CC1C(=O)N2CCCCC2C(=O)N1C1CCOC1C1CC1. The van der Waals surface area contributed by atoms with E-state index < -0.39 is 0 Å². The molecule has 3 aliphatic heterocycles. The maximum Gasteiger partial charge on any atom is 0.246 e. The summed E-state index contributed by atoms with van der Waals surface area (Å²) in [5.41, 5.74) is 0. The number of fused-ring (bicyclic) bond motifs is 1. The molecule has 4 aliphatic rings. The van der Waals surface area contributed by atoms with Crippen LogP contribution >= 0.6 is 0 Å². The van der Waals surface area contributed by atoms with Crippen LogP contribution in [0.4, 0.5) is 0 Å². The molecule has 5 heteroatoms. The van der Waals surface area contributed by atoms with Gasteiger partial charge in [0.1, 0.15) is 12.1 Å². The molecule has 1 saturated carbocycles. The molecule has 4 atom stereocenters. The van der Waals surface area contributed by atoms with E-state index in [0.717, 1.165) is 38.8 Å². The first kappa shape index (κ1) is 13.6. The van der Waals surface area contributed by atoms with E-state index in [-0.39, 0.29) is 36.0 Å². The van der Waals surface area contributed by atoms with Gasteiger partial charge in [-0.05, 0) is 51.4 Å². The van der Waals surface area contributed by atoms with Crippen molar-refractivity contribution in [3.05, 3.63) is 0 Å². The second-order valence-corrected chi connectivity index (χ2v) is 6.99. The highest BCUT2D eigenvalue weighted by atomic mass is 16.5. The van der Waals surface area contributed by atoms with Gasteiger partial charge in [0.05, 0.1) is 12.1 Å². The third-order valence-corrected chi connectivity index (χ3v) is 5.65. The minimum atomic E-state index is -0.320. The van der Waals surface area contributed by atoms with E-state index in [0.29, 0.717) is 5.92 Å². The highest BCUT2D eigenvalue weighted by Crippen LogP contribution is 2.42. The summed E-state index contributed by atoms with van der Waals surface area (Å²) in [5, 5.41) is 0. The minimum Gasteiger partial charge on any atom is -0.376 e. The van der Waals surface area contributed by atoms with Crippen LogP contribution in [0.15, 0.2) is 0 Å². The van der Waals surface area contributed by atoms with Gasteiger partial charge in [-0.25, -0.2) is 0 Å². The number of carbonyl (C=O) groups excluding carboxylic acids is 2. The van der Waals surface area contributed by atoms with Crippen molar-refractivity contribution < 1.29 is 14.3 Å². The molecule has 0 bridgehead atoms. The molecule has 0 radical (unpaired) electrons. The van der Waals surface area contributed by atoms with E-state index in [1.54, 1.807) is 0 Å². The summed E-state index contributed by atoms with van der Waals surface area (Å²) < 4.78 is 5.89. The van der Waals surface area contributed by atoms with Gasteiger partial charge in [-0.3, -0.25) is 9.59 Å². The first-order chi connectivity index (χ1) is 10.2. The Labute approximate surface area is 125 Å². The van der Waals surface area contributed by atoms with Gasteiger partial charge in [0.2, 0.25) is 11.8 Å². The molecule has 1 aliphatic carbocycles. The van der Waals surface area contributed by atoms with Gasteiger partial charge in [-0.15, -0.1) is 0 Å². The van der Waals surface area contributed by atoms with Crippen molar-refractivity contribution in [2.24, 2.45) is 5.92 Å². The van der Waals surface area contributed by atoms with Crippen molar-refractivity contribution in [2.45, 2.75) is 69.7 Å². The van der Waals surface area contributed by atoms with Crippen molar-refractivity contribution in [1.29, 1.82) is 0 Å². The molecular formula is C16H24N2O3. The molecule has 3 heterocycles. The summed E-state index contributed by atoms with van der Waals surface area (Å²) in [6.07, 6.45) is 6.38. The zero-order valence-electron chi connectivity index (χ0n) is 12.7. The first-order valence-corrected chi connectivity index (χ1v) is 8.43. The highest BCUT2D eigenvalue weighted by molar-refractivity contribution is 5.97. The fourth-order valence-corrected chi connectivity index (χ4v) is 4.40. The van der Waals surface area contributed by atoms with Crippen molar-refractivity contribution in [2.75, 3.05) is 13.2 Å². The molecule has 0 spiro atoms. The molecule has 5 nitrogen and oxygen atoms in total. The molecule has 3 saturated heterocycles. The number of carbonyl (C=O) groups is 2. The molecule has 0 aromatic heterocycles. The number of piperidine rings is 1. The van der Waals surface area contributed by atoms with Crippen molar-refractivity contribution in [1.82, 2.24) is 9.80 Å². The maximum absolute atomic E-state index is 13.0. The molecule has 0 N–H and O–H groups in total. The van der Waals surface area contributed by atoms with Crippen molar-refractivity contribution in [3.63, 3.8) is 0 Å². The lowest BCUT2D eigenvalue weighted by molar-refractivity contribution is -0.167. The summed E-state index contributed by atoms with van der Waals surface area (Å²) in [6, 6.07) is -0.407. The molecule has 0 aromatic carbocycles. The topological polar surface area (TPSA) is 49.9 Å². The number of piperazine rings is 1. The van der Waals surface area contributed by atoms with Gasteiger partial charge in [0.25, 0.3) is 0 Å². The second kappa shape index (κ2) is 4.97. The fraction of sp³-hybridized carbons (Fsp3) is 0.875. The molecule has 4 unspecified atom stereocenters. The number of nitrogens with zero attached hydrogens (tertiary/aromatic N) is 2. The van der Waals surface area contributed by atoms with Crippen molar-refractivity contribution >= 4 is 11.8 Å². The van der Waals surface area contributed by atoms with Crippen LogP contribution in [0.25, 0.3) is 0 Å². The molecular weight excluding hydrogens is 268 g/mol. The first-order valence-electron chi connectivity index (χ1n) is 8.43. The van der Waals surface area contributed by atoms with Gasteiger partial charge >= 0.3 is 0 Å². The predicted octanol–water partition coefficient (Wildman–Crippen LogP) is 1.17. The molecule has 0 aromatic rings. The third kappa shape index (κ3) is 2.08. The number of hydrogen-bond acceptors (Lipinski definition) is 3. The number of amides is 2.